The molecule has 0 bridgehead atoms. The maximum Gasteiger partial charge on any atom is 0.150 e. The number of hydrogen-bond donors (Lipinski definition) is 1. The molecule has 0 radical (unpaired) electrons. The molecule has 1 saturated carbocycles. The molecule has 5 heteroatoms. The van der Waals surface area contributed by atoms with Crippen LogP contribution in [0.5, 0.6) is 0 Å². The van der Waals surface area contributed by atoms with Crippen LogP contribution < -0.4 is 10.6 Å². The standard InChI is InChI=1S/C15H20F2N2S/c1-9-4-3-5-11(6-9)19(2)14-12(16)7-10(15(18)20)8-13(14)17/h7-9,11H,3-6H2,1-2H3,(H2,18,20). The summed E-state index contributed by atoms with van der Waals surface area (Å²) in [4.78, 5) is 1.73. The number of nitrogens with zero attached hydrogens (tertiary/aromatic N) is 1. The minimum absolute atomic E-state index is 0.00305. The largest absolute Gasteiger partial charge is 0.389 e. The Balaban J connectivity index is 2.29. The van der Waals surface area contributed by atoms with Gasteiger partial charge in [-0.3, -0.25) is 0 Å². The van der Waals surface area contributed by atoms with Gasteiger partial charge in [-0.2, -0.15) is 0 Å². The van der Waals surface area contributed by atoms with E-state index in [1.807, 2.05) is 0 Å². The third kappa shape index (κ3) is 3.08. The van der Waals surface area contributed by atoms with Crippen molar-refractivity contribution >= 4 is 22.9 Å². The van der Waals surface area contributed by atoms with Gasteiger partial charge in [0.05, 0.1) is 0 Å². The lowest BCUT2D eigenvalue weighted by Crippen LogP contribution is -2.36. The van der Waals surface area contributed by atoms with Gasteiger partial charge in [0.2, 0.25) is 0 Å². The molecule has 0 aliphatic heterocycles. The molecular weight excluding hydrogens is 278 g/mol. The van der Waals surface area contributed by atoms with Crippen molar-refractivity contribution < 1.29 is 8.78 Å². The summed E-state index contributed by atoms with van der Waals surface area (Å²) in [7, 11) is 1.75. The van der Waals surface area contributed by atoms with Gasteiger partial charge < -0.3 is 10.6 Å². The predicted molar refractivity (Wildman–Crippen MR) is 82.1 cm³/mol. The van der Waals surface area contributed by atoms with Crippen molar-refractivity contribution in [2.45, 2.75) is 38.6 Å². The first-order valence-corrected chi connectivity index (χ1v) is 7.32. The zero-order valence-electron chi connectivity index (χ0n) is 11.8. The van der Waals surface area contributed by atoms with Crippen LogP contribution in [0.15, 0.2) is 12.1 Å². The smallest absolute Gasteiger partial charge is 0.150 e. The molecule has 1 fully saturated rings. The van der Waals surface area contributed by atoms with E-state index in [1.54, 1.807) is 11.9 Å². The highest BCUT2D eigenvalue weighted by molar-refractivity contribution is 7.80. The second-order valence-corrected chi connectivity index (χ2v) is 6.13. The number of anilines is 1. The summed E-state index contributed by atoms with van der Waals surface area (Å²) in [5, 5.41) is 0. The van der Waals surface area contributed by atoms with Gasteiger partial charge >= 0.3 is 0 Å². The minimum atomic E-state index is -0.603. The van der Waals surface area contributed by atoms with Crippen LogP contribution in [-0.4, -0.2) is 18.1 Å². The quantitative estimate of drug-likeness (QED) is 0.864. The van der Waals surface area contributed by atoms with Crippen molar-refractivity contribution in [3.63, 3.8) is 0 Å². The Hall–Kier alpha value is -1.23. The second kappa shape index (κ2) is 6.04. The van der Waals surface area contributed by atoms with E-state index in [2.05, 4.69) is 6.92 Å². The molecule has 1 aromatic carbocycles. The third-order valence-electron chi connectivity index (χ3n) is 4.11. The molecule has 0 amide bonds. The second-order valence-electron chi connectivity index (χ2n) is 5.69. The molecular formula is C15H20F2N2S. The highest BCUT2D eigenvalue weighted by atomic mass is 32.1. The molecule has 0 spiro atoms. The van der Waals surface area contributed by atoms with E-state index in [-0.39, 0.29) is 22.3 Å². The highest BCUT2D eigenvalue weighted by Crippen LogP contribution is 2.32. The van der Waals surface area contributed by atoms with Gasteiger partial charge in [-0.15, -0.1) is 0 Å². The van der Waals surface area contributed by atoms with Gasteiger partial charge in [-0.1, -0.05) is 32.0 Å². The zero-order chi connectivity index (χ0) is 14.9. The van der Waals surface area contributed by atoms with Crippen molar-refractivity contribution in [1.82, 2.24) is 0 Å². The number of halogens is 2. The van der Waals surface area contributed by atoms with E-state index >= 15 is 0 Å². The van der Waals surface area contributed by atoms with E-state index in [1.165, 1.54) is 18.6 Å². The van der Waals surface area contributed by atoms with Crippen LogP contribution in [0.25, 0.3) is 0 Å². The SMILES string of the molecule is CC1CCCC(N(C)c2c(F)cc(C(N)=S)cc2F)C1. The first-order valence-electron chi connectivity index (χ1n) is 6.91. The van der Waals surface area contributed by atoms with Gasteiger partial charge in [0.1, 0.15) is 22.3 Å². The average molecular weight is 298 g/mol. The van der Waals surface area contributed by atoms with Crippen LogP contribution in [0.3, 0.4) is 0 Å². The summed E-state index contributed by atoms with van der Waals surface area (Å²) in [6.07, 6.45) is 4.23. The van der Waals surface area contributed by atoms with Crippen LogP contribution in [0.1, 0.15) is 38.2 Å². The molecule has 0 aromatic heterocycles. The van der Waals surface area contributed by atoms with Crippen LogP contribution in [0.2, 0.25) is 0 Å². The van der Waals surface area contributed by atoms with Crippen LogP contribution in [0, 0.1) is 17.6 Å². The summed E-state index contributed by atoms with van der Waals surface area (Å²) in [5.41, 5.74) is 5.67. The predicted octanol–water partition coefficient (Wildman–Crippen LogP) is 3.61. The lowest BCUT2D eigenvalue weighted by atomic mass is 9.86. The molecule has 1 aliphatic rings. The number of hydrogen-bond acceptors (Lipinski definition) is 2. The molecule has 2 nitrogen and oxygen atoms in total. The monoisotopic (exact) mass is 298 g/mol. The maximum absolute atomic E-state index is 14.2. The Labute approximate surface area is 123 Å². The molecule has 2 rings (SSSR count). The fourth-order valence-electron chi connectivity index (χ4n) is 2.98. The first kappa shape index (κ1) is 15.2. The molecule has 20 heavy (non-hydrogen) atoms. The molecule has 0 saturated heterocycles. The van der Waals surface area contributed by atoms with Gasteiger partial charge in [-0.05, 0) is 30.9 Å². The maximum atomic E-state index is 14.2. The summed E-state index contributed by atoms with van der Waals surface area (Å²) >= 11 is 4.76. The van der Waals surface area contributed by atoms with Crippen molar-refractivity contribution in [3.05, 3.63) is 29.3 Å². The molecule has 2 atom stereocenters. The van der Waals surface area contributed by atoms with Crippen molar-refractivity contribution in [1.29, 1.82) is 0 Å². The van der Waals surface area contributed by atoms with Crippen molar-refractivity contribution in [2.24, 2.45) is 11.7 Å². The fraction of sp³-hybridized carbons (Fsp3) is 0.533. The highest BCUT2D eigenvalue weighted by Gasteiger charge is 2.26. The number of nitrogens with two attached hydrogens (primary N) is 1. The topological polar surface area (TPSA) is 29.3 Å². The Morgan fingerprint density at radius 2 is 1.90 bits per heavy atom. The van der Waals surface area contributed by atoms with Gasteiger partial charge in [0.25, 0.3) is 0 Å². The van der Waals surface area contributed by atoms with Crippen molar-refractivity contribution in [3.8, 4) is 0 Å². The molecule has 2 N–H and O–H groups in total. The Morgan fingerprint density at radius 1 is 1.30 bits per heavy atom. The number of thiocarbonyl (C=S) groups is 1. The summed E-state index contributed by atoms with van der Waals surface area (Å²) < 4.78 is 28.4. The molecule has 2 unspecified atom stereocenters. The minimum Gasteiger partial charge on any atom is -0.389 e. The number of rotatable bonds is 3. The van der Waals surface area contributed by atoms with E-state index in [9.17, 15) is 8.78 Å². The van der Waals surface area contributed by atoms with Gasteiger partial charge in [0, 0.05) is 18.7 Å². The molecule has 1 aromatic rings. The lowest BCUT2D eigenvalue weighted by molar-refractivity contribution is 0.333. The van der Waals surface area contributed by atoms with Gasteiger partial charge in [0.15, 0.2) is 0 Å². The average Bonchev–Trinajstić information content (AvgIpc) is 2.37. The van der Waals surface area contributed by atoms with Crippen LogP contribution in [-0.2, 0) is 0 Å². The van der Waals surface area contributed by atoms with E-state index in [0.29, 0.717) is 5.92 Å². The normalized spacial score (nSPS) is 22.6. The summed E-state index contributed by atoms with van der Waals surface area (Å²) in [6, 6.07) is 2.60. The van der Waals surface area contributed by atoms with E-state index in [0.717, 1.165) is 19.3 Å². The first-order chi connectivity index (χ1) is 9.40. The molecule has 110 valence electrons. The fourth-order valence-corrected chi connectivity index (χ4v) is 3.10. The third-order valence-corrected chi connectivity index (χ3v) is 4.35. The lowest BCUT2D eigenvalue weighted by Gasteiger charge is -2.36. The zero-order valence-corrected chi connectivity index (χ0v) is 12.6. The Morgan fingerprint density at radius 3 is 2.40 bits per heavy atom. The van der Waals surface area contributed by atoms with Crippen LogP contribution in [0.4, 0.5) is 14.5 Å². The summed E-state index contributed by atoms with van der Waals surface area (Å²) in [6.45, 7) is 2.18. The molecule has 0 heterocycles. The van der Waals surface area contributed by atoms with Crippen molar-refractivity contribution in [2.75, 3.05) is 11.9 Å². The number of benzene rings is 1. The van der Waals surface area contributed by atoms with Crippen LogP contribution >= 0.6 is 12.2 Å². The molecule has 1 aliphatic carbocycles. The van der Waals surface area contributed by atoms with E-state index in [4.69, 9.17) is 18.0 Å². The van der Waals surface area contributed by atoms with Gasteiger partial charge in [-0.25, -0.2) is 8.78 Å². The Bertz CT molecular complexity index is 496. The van der Waals surface area contributed by atoms with E-state index < -0.39 is 11.6 Å². The Kier molecular flexibility index (Phi) is 4.58. The summed E-state index contributed by atoms with van der Waals surface area (Å²) in [5.74, 6) is -0.611.